The summed E-state index contributed by atoms with van der Waals surface area (Å²) in [5.41, 5.74) is 1.66. The first-order valence-electron chi connectivity index (χ1n) is 7.73. The van der Waals surface area contributed by atoms with Crippen molar-refractivity contribution in [1.82, 2.24) is 9.88 Å². The lowest BCUT2D eigenvalue weighted by Gasteiger charge is -2.13. The molecule has 0 aliphatic carbocycles. The SMILES string of the molecule is CN(C)C(=O)c1cc(NC(=O)c2cc(Cl)cc3cccnc23)ccc1Cl. The van der Waals surface area contributed by atoms with Gasteiger partial charge < -0.3 is 10.2 Å². The van der Waals surface area contributed by atoms with Crippen LogP contribution in [0.15, 0.2) is 48.7 Å². The van der Waals surface area contributed by atoms with Crippen molar-refractivity contribution >= 4 is 51.6 Å². The molecule has 7 heteroatoms. The van der Waals surface area contributed by atoms with Crippen molar-refractivity contribution in [2.24, 2.45) is 0 Å². The van der Waals surface area contributed by atoms with Gasteiger partial charge in [-0.1, -0.05) is 29.3 Å². The number of amides is 2. The number of hydrogen-bond donors (Lipinski definition) is 1. The van der Waals surface area contributed by atoms with Crippen LogP contribution in [0.2, 0.25) is 10.0 Å². The predicted molar refractivity (Wildman–Crippen MR) is 104 cm³/mol. The van der Waals surface area contributed by atoms with E-state index in [9.17, 15) is 9.59 Å². The number of nitrogens with zero attached hydrogens (tertiary/aromatic N) is 2. The third-order valence-electron chi connectivity index (χ3n) is 3.78. The zero-order valence-corrected chi connectivity index (χ0v) is 15.6. The molecule has 0 radical (unpaired) electrons. The summed E-state index contributed by atoms with van der Waals surface area (Å²) in [4.78, 5) is 30.6. The smallest absolute Gasteiger partial charge is 0.257 e. The third-order valence-corrected chi connectivity index (χ3v) is 4.32. The van der Waals surface area contributed by atoms with Crippen LogP contribution in [0.4, 0.5) is 5.69 Å². The van der Waals surface area contributed by atoms with Gasteiger partial charge in [-0.2, -0.15) is 0 Å². The molecule has 1 N–H and O–H groups in total. The number of fused-ring (bicyclic) bond motifs is 1. The molecule has 26 heavy (non-hydrogen) atoms. The molecule has 0 atom stereocenters. The quantitative estimate of drug-likeness (QED) is 0.719. The number of hydrogen-bond acceptors (Lipinski definition) is 3. The monoisotopic (exact) mass is 387 g/mol. The zero-order chi connectivity index (χ0) is 18.8. The van der Waals surface area contributed by atoms with Crippen molar-refractivity contribution < 1.29 is 9.59 Å². The molecule has 3 rings (SSSR count). The van der Waals surface area contributed by atoms with Crippen LogP contribution in [-0.2, 0) is 0 Å². The lowest BCUT2D eigenvalue weighted by atomic mass is 10.1. The van der Waals surface area contributed by atoms with Crippen molar-refractivity contribution in [3.8, 4) is 0 Å². The molecule has 132 valence electrons. The number of carbonyl (C=O) groups excluding carboxylic acids is 2. The van der Waals surface area contributed by atoms with Crippen molar-refractivity contribution in [2.75, 3.05) is 19.4 Å². The lowest BCUT2D eigenvalue weighted by Crippen LogP contribution is -2.22. The second kappa shape index (κ2) is 7.32. The fraction of sp³-hybridized carbons (Fsp3) is 0.105. The van der Waals surface area contributed by atoms with Gasteiger partial charge in [-0.05, 0) is 36.4 Å². The van der Waals surface area contributed by atoms with Gasteiger partial charge in [0.1, 0.15) is 0 Å². The van der Waals surface area contributed by atoms with Gasteiger partial charge in [0.05, 0.1) is 21.7 Å². The third kappa shape index (κ3) is 3.64. The first kappa shape index (κ1) is 18.2. The van der Waals surface area contributed by atoms with E-state index in [1.54, 1.807) is 56.7 Å². The molecule has 3 aromatic rings. The van der Waals surface area contributed by atoms with E-state index in [0.717, 1.165) is 5.39 Å². The van der Waals surface area contributed by atoms with E-state index in [-0.39, 0.29) is 11.8 Å². The highest BCUT2D eigenvalue weighted by atomic mass is 35.5. The Morgan fingerprint density at radius 2 is 1.81 bits per heavy atom. The average molecular weight is 388 g/mol. The summed E-state index contributed by atoms with van der Waals surface area (Å²) in [7, 11) is 3.27. The maximum atomic E-state index is 12.7. The van der Waals surface area contributed by atoms with Gasteiger partial charge in [0, 0.05) is 36.4 Å². The summed E-state index contributed by atoms with van der Waals surface area (Å²) >= 11 is 12.2. The van der Waals surface area contributed by atoms with Crippen LogP contribution in [0.3, 0.4) is 0 Å². The fourth-order valence-electron chi connectivity index (χ4n) is 2.54. The van der Waals surface area contributed by atoms with E-state index in [1.165, 1.54) is 4.90 Å². The highest BCUT2D eigenvalue weighted by molar-refractivity contribution is 6.34. The minimum Gasteiger partial charge on any atom is -0.345 e. The average Bonchev–Trinajstić information content (AvgIpc) is 2.61. The molecule has 0 aliphatic heterocycles. The molecular formula is C19H15Cl2N3O2. The number of pyridine rings is 1. The maximum absolute atomic E-state index is 12.7. The molecule has 0 saturated carbocycles. The Bertz CT molecular complexity index is 1020. The number of rotatable bonds is 3. The zero-order valence-electron chi connectivity index (χ0n) is 14.1. The number of benzene rings is 2. The van der Waals surface area contributed by atoms with Crippen LogP contribution in [0, 0.1) is 0 Å². The second-order valence-corrected chi connectivity index (χ2v) is 6.72. The van der Waals surface area contributed by atoms with E-state index in [0.29, 0.717) is 32.4 Å². The Morgan fingerprint density at radius 1 is 1.04 bits per heavy atom. The molecular weight excluding hydrogens is 373 g/mol. The number of nitrogens with one attached hydrogen (secondary N) is 1. The Hall–Kier alpha value is -2.63. The normalized spacial score (nSPS) is 10.6. The number of carbonyl (C=O) groups is 2. The van der Waals surface area contributed by atoms with Crippen LogP contribution >= 0.6 is 23.2 Å². The van der Waals surface area contributed by atoms with E-state index < -0.39 is 0 Å². The number of halogens is 2. The van der Waals surface area contributed by atoms with Crippen molar-refractivity contribution in [2.45, 2.75) is 0 Å². The Morgan fingerprint density at radius 3 is 2.54 bits per heavy atom. The topological polar surface area (TPSA) is 62.3 Å². The molecule has 2 amide bonds. The number of anilines is 1. The Balaban J connectivity index is 1.97. The van der Waals surface area contributed by atoms with Crippen LogP contribution in [0.5, 0.6) is 0 Å². The van der Waals surface area contributed by atoms with Crippen LogP contribution in [-0.4, -0.2) is 35.8 Å². The highest BCUT2D eigenvalue weighted by Gasteiger charge is 2.16. The Kier molecular flexibility index (Phi) is 5.11. The summed E-state index contributed by atoms with van der Waals surface area (Å²) in [6.45, 7) is 0. The van der Waals surface area contributed by atoms with E-state index in [1.807, 2.05) is 6.07 Å². The van der Waals surface area contributed by atoms with Gasteiger partial charge in [0.15, 0.2) is 0 Å². The predicted octanol–water partition coefficient (Wildman–Crippen LogP) is 4.50. The fourth-order valence-corrected chi connectivity index (χ4v) is 2.96. The summed E-state index contributed by atoms with van der Waals surface area (Å²) in [5, 5.41) is 4.30. The van der Waals surface area contributed by atoms with Gasteiger partial charge >= 0.3 is 0 Å². The summed E-state index contributed by atoms with van der Waals surface area (Å²) < 4.78 is 0. The molecule has 0 unspecified atom stereocenters. The van der Waals surface area contributed by atoms with Gasteiger partial charge in [-0.25, -0.2) is 0 Å². The second-order valence-electron chi connectivity index (χ2n) is 5.88. The van der Waals surface area contributed by atoms with Crippen molar-refractivity contribution in [1.29, 1.82) is 0 Å². The van der Waals surface area contributed by atoms with Gasteiger partial charge in [-0.15, -0.1) is 0 Å². The van der Waals surface area contributed by atoms with Crippen molar-refractivity contribution in [3.63, 3.8) is 0 Å². The van der Waals surface area contributed by atoms with E-state index in [4.69, 9.17) is 23.2 Å². The molecule has 0 spiro atoms. The first-order chi connectivity index (χ1) is 12.4. The van der Waals surface area contributed by atoms with Crippen LogP contribution in [0.1, 0.15) is 20.7 Å². The van der Waals surface area contributed by atoms with E-state index >= 15 is 0 Å². The van der Waals surface area contributed by atoms with Gasteiger partial charge in [0.25, 0.3) is 11.8 Å². The minimum absolute atomic E-state index is 0.249. The standard InChI is InChI=1S/C19H15Cl2N3O2/c1-24(2)19(26)14-10-13(5-6-16(14)21)23-18(25)15-9-12(20)8-11-4-3-7-22-17(11)15/h3-10H,1-2H3,(H,23,25). The van der Waals surface area contributed by atoms with Crippen LogP contribution < -0.4 is 5.32 Å². The maximum Gasteiger partial charge on any atom is 0.257 e. The largest absolute Gasteiger partial charge is 0.345 e. The first-order valence-corrected chi connectivity index (χ1v) is 8.49. The highest BCUT2D eigenvalue weighted by Crippen LogP contribution is 2.25. The molecule has 1 aromatic heterocycles. The van der Waals surface area contributed by atoms with Crippen molar-refractivity contribution in [3.05, 3.63) is 69.8 Å². The molecule has 2 aromatic carbocycles. The molecule has 5 nitrogen and oxygen atoms in total. The summed E-state index contributed by atoms with van der Waals surface area (Å²) in [5.74, 6) is -0.622. The summed E-state index contributed by atoms with van der Waals surface area (Å²) in [6, 6.07) is 11.7. The molecule has 0 fully saturated rings. The molecule has 0 saturated heterocycles. The Labute approximate surface area is 160 Å². The van der Waals surface area contributed by atoms with Gasteiger partial charge in [0.2, 0.25) is 0 Å². The molecule has 0 aliphatic rings. The number of aromatic nitrogens is 1. The van der Waals surface area contributed by atoms with Crippen LogP contribution in [0.25, 0.3) is 10.9 Å². The molecule has 0 bridgehead atoms. The summed E-state index contributed by atoms with van der Waals surface area (Å²) in [6.07, 6.45) is 1.61. The van der Waals surface area contributed by atoms with Gasteiger partial charge in [-0.3, -0.25) is 14.6 Å². The minimum atomic E-state index is -0.373. The van der Waals surface area contributed by atoms with E-state index in [2.05, 4.69) is 10.3 Å². The molecule has 1 heterocycles. The lowest BCUT2D eigenvalue weighted by molar-refractivity contribution is 0.0827.